The molecule has 0 fully saturated rings. The van der Waals surface area contributed by atoms with Gasteiger partial charge in [0.05, 0.1) is 11.7 Å². The first-order chi connectivity index (χ1) is 16.7. The van der Waals surface area contributed by atoms with Crippen LogP contribution >= 0.6 is 22.6 Å². The van der Waals surface area contributed by atoms with E-state index in [2.05, 4.69) is 15.5 Å². The Morgan fingerprint density at radius 1 is 1.09 bits per heavy atom. The van der Waals surface area contributed by atoms with E-state index in [1.165, 1.54) is 24.3 Å². The van der Waals surface area contributed by atoms with Gasteiger partial charge in [0.25, 0.3) is 5.56 Å². The summed E-state index contributed by atoms with van der Waals surface area (Å²) in [6, 6.07) is 13.7. The molecule has 9 heteroatoms. The van der Waals surface area contributed by atoms with Crippen LogP contribution in [0.25, 0.3) is 11.3 Å². The van der Waals surface area contributed by atoms with Gasteiger partial charge in [-0.25, -0.2) is 8.78 Å². The average Bonchev–Trinajstić information content (AvgIpc) is 2.85. The van der Waals surface area contributed by atoms with Crippen molar-refractivity contribution in [2.75, 3.05) is 25.5 Å². The summed E-state index contributed by atoms with van der Waals surface area (Å²) >= 11 is 2.03. The van der Waals surface area contributed by atoms with Crippen LogP contribution in [0.2, 0.25) is 0 Å². The van der Waals surface area contributed by atoms with E-state index < -0.39 is 6.04 Å². The second kappa shape index (κ2) is 12.4. The molecular weight excluding hydrogens is 565 g/mol. The van der Waals surface area contributed by atoms with Gasteiger partial charge >= 0.3 is 0 Å². The molecule has 1 atom stereocenters. The smallest absolute Gasteiger partial charge is 0.275 e. The lowest BCUT2D eigenvalue weighted by Gasteiger charge is -2.23. The van der Waals surface area contributed by atoms with E-state index in [1.807, 2.05) is 35.6 Å². The van der Waals surface area contributed by atoms with E-state index in [0.717, 1.165) is 12.1 Å². The summed E-state index contributed by atoms with van der Waals surface area (Å²) in [5, 5.41) is 5.62. The molecule has 0 spiro atoms. The summed E-state index contributed by atoms with van der Waals surface area (Å²) < 4.78 is 29.0. The van der Waals surface area contributed by atoms with E-state index in [1.54, 1.807) is 42.8 Å². The predicted octanol–water partition coefficient (Wildman–Crippen LogP) is 4.47. The number of aromatic nitrogens is 1. The molecule has 0 saturated heterocycles. The highest BCUT2D eigenvalue weighted by Gasteiger charge is 2.19. The van der Waals surface area contributed by atoms with Crippen molar-refractivity contribution in [2.24, 2.45) is 0 Å². The molecule has 0 aliphatic heterocycles. The maximum atomic E-state index is 13.6. The van der Waals surface area contributed by atoms with E-state index in [4.69, 9.17) is 0 Å². The first-order valence-corrected chi connectivity index (χ1v) is 12.5. The third-order valence-corrected chi connectivity index (χ3v) is 6.72. The van der Waals surface area contributed by atoms with Crippen LogP contribution in [0.3, 0.4) is 0 Å². The Morgan fingerprint density at radius 3 is 2.26 bits per heavy atom. The molecule has 6 nitrogen and oxygen atoms in total. The van der Waals surface area contributed by atoms with Gasteiger partial charge in [-0.2, -0.15) is 0 Å². The van der Waals surface area contributed by atoms with Crippen molar-refractivity contribution in [2.45, 2.75) is 33.0 Å². The minimum atomic E-state index is -0.471. The number of carbonyl (C=O) groups excluding carboxylic acids is 1. The molecule has 0 radical (unpaired) electrons. The Hall–Kier alpha value is -2.63. The van der Waals surface area contributed by atoms with Crippen LogP contribution in [0.5, 0.6) is 0 Å². The Labute approximate surface area is 217 Å². The van der Waals surface area contributed by atoms with E-state index in [0.29, 0.717) is 34.5 Å². The zero-order valence-corrected chi connectivity index (χ0v) is 22.1. The van der Waals surface area contributed by atoms with Gasteiger partial charge in [-0.1, -0.05) is 19.1 Å². The molecule has 1 unspecified atom stereocenters. The summed E-state index contributed by atoms with van der Waals surface area (Å²) in [6.07, 6.45) is 0. The third kappa shape index (κ3) is 6.96. The number of rotatable bonds is 10. The van der Waals surface area contributed by atoms with Gasteiger partial charge in [-0.3, -0.25) is 14.5 Å². The van der Waals surface area contributed by atoms with Crippen LogP contribution in [0.15, 0.2) is 59.4 Å². The topological polar surface area (TPSA) is 66.4 Å². The van der Waals surface area contributed by atoms with Crippen LogP contribution < -0.4 is 16.2 Å². The van der Waals surface area contributed by atoms with Gasteiger partial charge < -0.3 is 15.2 Å². The molecule has 0 bridgehead atoms. The number of anilines is 1. The zero-order chi connectivity index (χ0) is 25.5. The molecule has 1 amide bonds. The summed E-state index contributed by atoms with van der Waals surface area (Å²) in [5.41, 5.74) is 2.19. The maximum Gasteiger partial charge on any atom is 0.275 e. The van der Waals surface area contributed by atoms with Crippen LogP contribution in [0, 0.1) is 15.2 Å². The Balaban J connectivity index is 1.96. The second-order valence-corrected chi connectivity index (χ2v) is 9.37. The van der Waals surface area contributed by atoms with E-state index >= 15 is 0 Å². The first kappa shape index (κ1) is 27.0. The molecule has 1 heterocycles. The number of likely N-dealkylation sites (N-methyl/N-ethyl adjacent to an activating group) is 2. The van der Waals surface area contributed by atoms with E-state index in [9.17, 15) is 18.4 Å². The summed E-state index contributed by atoms with van der Waals surface area (Å²) in [5.74, 6) is -0.956. The molecule has 186 valence electrons. The molecule has 3 aromatic rings. The van der Waals surface area contributed by atoms with Crippen molar-refractivity contribution >= 4 is 34.2 Å². The minimum absolute atomic E-state index is 0.213. The van der Waals surface area contributed by atoms with E-state index in [-0.39, 0.29) is 28.8 Å². The normalized spacial score (nSPS) is 12.1. The van der Waals surface area contributed by atoms with Crippen molar-refractivity contribution in [1.82, 2.24) is 14.8 Å². The number of pyridine rings is 1. The summed E-state index contributed by atoms with van der Waals surface area (Å²) in [4.78, 5) is 28.2. The predicted molar refractivity (Wildman–Crippen MR) is 143 cm³/mol. The average molecular weight is 594 g/mol. The molecule has 0 aliphatic rings. The van der Waals surface area contributed by atoms with Crippen LogP contribution in [0.4, 0.5) is 14.5 Å². The number of halogens is 3. The monoisotopic (exact) mass is 594 g/mol. The van der Waals surface area contributed by atoms with Crippen molar-refractivity contribution in [3.05, 3.63) is 85.7 Å². The fourth-order valence-corrected chi connectivity index (χ4v) is 4.27. The number of benzene rings is 2. The fourth-order valence-electron chi connectivity index (χ4n) is 3.61. The summed E-state index contributed by atoms with van der Waals surface area (Å²) in [6.45, 7) is 5.95. The Kier molecular flexibility index (Phi) is 9.53. The SMILES string of the molecule is CCN(CCn1c(-c2ccc(F)cc2)cc(I)c(NC(=O)C(C)NC)c1=O)Cc1ccc(F)cc1. The van der Waals surface area contributed by atoms with Gasteiger partial charge in [0.2, 0.25) is 5.91 Å². The Bertz CT molecular complexity index is 1210. The molecule has 0 saturated carbocycles. The van der Waals surface area contributed by atoms with Gasteiger partial charge in [0.1, 0.15) is 17.3 Å². The molecule has 2 aromatic carbocycles. The highest BCUT2D eigenvalue weighted by atomic mass is 127. The lowest BCUT2D eigenvalue weighted by atomic mass is 10.1. The lowest BCUT2D eigenvalue weighted by Crippen LogP contribution is -2.39. The molecule has 3 rings (SSSR count). The quantitative estimate of drug-likeness (QED) is 0.341. The van der Waals surface area contributed by atoms with Crippen molar-refractivity contribution in [3.8, 4) is 11.3 Å². The van der Waals surface area contributed by atoms with Crippen LogP contribution in [-0.2, 0) is 17.9 Å². The second-order valence-electron chi connectivity index (χ2n) is 8.21. The highest BCUT2D eigenvalue weighted by molar-refractivity contribution is 14.1. The van der Waals surface area contributed by atoms with Gasteiger partial charge in [-0.15, -0.1) is 0 Å². The van der Waals surface area contributed by atoms with Gasteiger partial charge in [-0.05, 0) is 96.7 Å². The molecule has 2 N–H and O–H groups in total. The standard InChI is InChI=1S/C26H29F2IN4O2/c1-4-32(16-18-5-9-20(27)10-6-18)13-14-33-23(19-7-11-21(28)12-8-19)15-22(29)24(26(33)35)31-25(34)17(2)30-3/h5-12,15,17,30H,4,13-14,16H2,1-3H3,(H,31,34). The van der Waals surface area contributed by atoms with Crippen LogP contribution in [0.1, 0.15) is 19.4 Å². The molecule has 35 heavy (non-hydrogen) atoms. The Morgan fingerprint density at radius 2 is 1.69 bits per heavy atom. The van der Waals surface area contributed by atoms with Crippen molar-refractivity contribution < 1.29 is 13.6 Å². The zero-order valence-electron chi connectivity index (χ0n) is 19.9. The molecule has 1 aromatic heterocycles. The number of hydrogen-bond donors (Lipinski definition) is 2. The third-order valence-electron chi connectivity index (χ3n) is 5.87. The van der Waals surface area contributed by atoms with Gasteiger partial charge in [0.15, 0.2) is 0 Å². The van der Waals surface area contributed by atoms with Crippen molar-refractivity contribution in [3.63, 3.8) is 0 Å². The van der Waals surface area contributed by atoms with Crippen LogP contribution in [-0.4, -0.2) is 41.6 Å². The number of amides is 1. The van der Waals surface area contributed by atoms with Gasteiger partial charge in [0, 0.05) is 23.2 Å². The summed E-state index contributed by atoms with van der Waals surface area (Å²) in [7, 11) is 1.67. The fraction of sp³-hybridized carbons (Fsp3) is 0.308. The maximum absolute atomic E-state index is 13.6. The number of carbonyl (C=O) groups is 1. The molecule has 0 aliphatic carbocycles. The van der Waals surface area contributed by atoms with Crippen molar-refractivity contribution in [1.29, 1.82) is 0 Å². The highest BCUT2D eigenvalue weighted by Crippen LogP contribution is 2.25. The number of nitrogens with one attached hydrogen (secondary N) is 2. The number of hydrogen-bond acceptors (Lipinski definition) is 4. The lowest BCUT2D eigenvalue weighted by molar-refractivity contribution is -0.117. The largest absolute Gasteiger partial charge is 0.319 e. The first-order valence-electron chi connectivity index (χ1n) is 11.4. The molecular formula is C26H29F2IN4O2. The minimum Gasteiger partial charge on any atom is -0.319 e. The number of nitrogens with zero attached hydrogens (tertiary/aromatic N) is 2.